The van der Waals surface area contributed by atoms with Crippen LogP contribution in [0.15, 0.2) is 52.6 Å². The van der Waals surface area contributed by atoms with Gasteiger partial charge in [0, 0.05) is 21.7 Å². The molecule has 0 aliphatic carbocycles. The van der Waals surface area contributed by atoms with Gasteiger partial charge in [-0.25, -0.2) is 9.78 Å². The van der Waals surface area contributed by atoms with Crippen molar-refractivity contribution in [3.05, 3.63) is 79.9 Å². The summed E-state index contributed by atoms with van der Waals surface area (Å²) in [5, 5.41) is 14.2. The van der Waals surface area contributed by atoms with Gasteiger partial charge in [0.15, 0.2) is 0 Å². The Bertz CT molecular complexity index is 1440. The summed E-state index contributed by atoms with van der Waals surface area (Å²) in [6.45, 7) is 3.39. The molecule has 32 heavy (non-hydrogen) atoms. The minimum Gasteiger partial charge on any atom is -0.478 e. The van der Waals surface area contributed by atoms with Crippen LogP contribution in [-0.2, 0) is 11.3 Å². The first-order chi connectivity index (χ1) is 15.2. The molecule has 0 aliphatic heterocycles. The molecule has 0 fully saturated rings. The summed E-state index contributed by atoms with van der Waals surface area (Å²) in [5.74, 6) is -1.36. The summed E-state index contributed by atoms with van der Waals surface area (Å²) in [6, 6.07) is 12.5. The van der Waals surface area contributed by atoms with E-state index in [1.54, 1.807) is 24.3 Å². The quantitative estimate of drug-likeness (QED) is 0.441. The van der Waals surface area contributed by atoms with E-state index >= 15 is 0 Å². The molecule has 0 spiro atoms. The maximum atomic E-state index is 13.4. The topological polar surface area (TPSA) is 101 Å². The molecule has 0 unspecified atom stereocenters. The van der Waals surface area contributed by atoms with Gasteiger partial charge in [-0.1, -0.05) is 35.4 Å². The second kappa shape index (κ2) is 8.57. The number of anilines is 1. The zero-order chi connectivity index (χ0) is 23.0. The van der Waals surface area contributed by atoms with Gasteiger partial charge in [0.25, 0.3) is 5.56 Å². The first-order valence-electron chi connectivity index (χ1n) is 9.63. The SMILES string of the molecule is Cc1cccc(-c2nc3scc(C(=O)O)c3c(=O)n2CC(=O)Nc2ccc(Cl)cc2C)c1. The van der Waals surface area contributed by atoms with Crippen LogP contribution < -0.4 is 10.9 Å². The van der Waals surface area contributed by atoms with Crippen LogP contribution in [0.2, 0.25) is 5.02 Å². The number of carbonyl (C=O) groups is 2. The van der Waals surface area contributed by atoms with E-state index < -0.39 is 17.4 Å². The Morgan fingerprint density at radius 1 is 1.19 bits per heavy atom. The van der Waals surface area contributed by atoms with Gasteiger partial charge in [0.05, 0.1) is 10.9 Å². The number of hydrogen-bond donors (Lipinski definition) is 2. The van der Waals surface area contributed by atoms with Crippen molar-refractivity contribution in [1.82, 2.24) is 9.55 Å². The highest BCUT2D eigenvalue weighted by molar-refractivity contribution is 7.17. The molecule has 7 nitrogen and oxygen atoms in total. The fourth-order valence-corrected chi connectivity index (χ4v) is 4.56. The lowest BCUT2D eigenvalue weighted by Crippen LogP contribution is -2.30. The van der Waals surface area contributed by atoms with Crippen LogP contribution in [-0.4, -0.2) is 26.5 Å². The Balaban J connectivity index is 1.83. The predicted octanol–water partition coefficient (Wildman–Crippen LogP) is 4.73. The number of rotatable bonds is 5. The highest BCUT2D eigenvalue weighted by Gasteiger charge is 2.22. The molecule has 0 saturated heterocycles. The molecule has 0 radical (unpaired) electrons. The lowest BCUT2D eigenvalue weighted by atomic mass is 10.1. The number of nitrogens with one attached hydrogen (secondary N) is 1. The molecule has 9 heteroatoms. The standard InChI is InChI=1S/C23H18ClN3O4S/c1-12-4-3-5-14(8-12)20-26-21-19(16(11-32-21)23(30)31)22(29)27(20)10-18(28)25-17-7-6-15(24)9-13(17)2/h3-9,11H,10H2,1-2H3,(H,25,28)(H,30,31). The lowest BCUT2D eigenvalue weighted by Gasteiger charge is -2.14. The fraction of sp³-hybridized carbons (Fsp3) is 0.130. The number of carboxylic acid groups (broad SMARTS) is 1. The van der Waals surface area contributed by atoms with Crippen molar-refractivity contribution in [3.8, 4) is 11.4 Å². The summed E-state index contributed by atoms with van der Waals surface area (Å²) >= 11 is 7.06. The van der Waals surface area contributed by atoms with Gasteiger partial charge >= 0.3 is 5.97 Å². The molecule has 4 aromatic rings. The zero-order valence-corrected chi connectivity index (χ0v) is 18.8. The van der Waals surface area contributed by atoms with Gasteiger partial charge in [0.1, 0.15) is 17.2 Å². The molecular weight excluding hydrogens is 450 g/mol. The summed E-state index contributed by atoms with van der Waals surface area (Å²) in [5.41, 5.74) is 2.26. The van der Waals surface area contributed by atoms with E-state index in [1.165, 1.54) is 9.95 Å². The largest absolute Gasteiger partial charge is 0.478 e. The van der Waals surface area contributed by atoms with Crippen LogP contribution >= 0.6 is 22.9 Å². The van der Waals surface area contributed by atoms with Gasteiger partial charge < -0.3 is 10.4 Å². The fourth-order valence-electron chi connectivity index (χ4n) is 3.43. The first kappa shape index (κ1) is 21.7. The molecule has 0 bridgehead atoms. The van der Waals surface area contributed by atoms with Crippen molar-refractivity contribution in [2.24, 2.45) is 0 Å². The van der Waals surface area contributed by atoms with Gasteiger partial charge in [-0.2, -0.15) is 0 Å². The number of carboxylic acids is 1. The first-order valence-corrected chi connectivity index (χ1v) is 10.9. The summed E-state index contributed by atoms with van der Waals surface area (Å²) < 4.78 is 1.22. The molecule has 2 aromatic carbocycles. The number of fused-ring (bicyclic) bond motifs is 1. The van der Waals surface area contributed by atoms with Gasteiger partial charge in [-0.15, -0.1) is 11.3 Å². The second-order valence-corrected chi connectivity index (χ2v) is 8.63. The third kappa shape index (κ3) is 4.15. The summed E-state index contributed by atoms with van der Waals surface area (Å²) in [4.78, 5) is 42.7. The molecule has 2 heterocycles. The van der Waals surface area contributed by atoms with E-state index in [0.29, 0.717) is 26.9 Å². The van der Waals surface area contributed by atoms with Crippen LogP contribution in [0.3, 0.4) is 0 Å². The summed E-state index contributed by atoms with van der Waals surface area (Å²) in [7, 11) is 0. The number of carbonyl (C=O) groups excluding carboxylic acids is 1. The van der Waals surface area contributed by atoms with Crippen LogP contribution in [0.4, 0.5) is 5.69 Å². The lowest BCUT2D eigenvalue weighted by molar-refractivity contribution is -0.116. The molecular formula is C23H18ClN3O4S. The number of nitrogens with zero attached hydrogens (tertiary/aromatic N) is 2. The predicted molar refractivity (Wildman–Crippen MR) is 126 cm³/mol. The Morgan fingerprint density at radius 3 is 2.66 bits per heavy atom. The third-order valence-electron chi connectivity index (χ3n) is 4.96. The highest BCUT2D eigenvalue weighted by atomic mass is 35.5. The van der Waals surface area contributed by atoms with Crippen LogP contribution in [0.1, 0.15) is 21.5 Å². The van der Waals surface area contributed by atoms with Crippen LogP contribution in [0.25, 0.3) is 21.6 Å². The van der Waals surface area contributed by atoms with Crippen molar-refractivity contribution in [1.29, 1.82) is 0 Å². The molecule has 0 atom stereocenters. The number of aromatic carboxylic acids is 1. The maximum absolute atomic E-state index is 13.4. The van der Waals surface area contributed by atoms with Crippen LogP contribution in [0, 0.1) is 13.8 Å². The third-order valence-corrected chi connectivity index (χ3v) is 6.07. The smallest absolute Gasteiger partial charge is 0.337 e. The number of amides is 1. The van der Waals surface area contributed by atoms with Crippen LogP contribution in [0.5, 0.6) is 0 Å². The van der Waals surface area contributed by atoms with E-state index in [-0.39, 0.29) is 17.5 Å². The average Bonchev–Trinajstić information content (AvgIpc) is 3.17. The zero-order valence-electron chi connectivity index (χ0n) is 17.2. The van der Waals surface area contributed by atoms with E-state index in [9.17, 15) is 19.5 Å². The van der Waals surface area contributed by atoms with Crippen molar-refractivity contribution >= 4 is 50.7 Å². The van der Waals surface area contributed by atoms with Crippen molar-refractivity contribution in [3.63, 3.8) is 0 Å². The molecule has 4 rings (SSSR count). The minimum absolute atomic E-state index is 0.00521. The summed E-state index contributed by atoms with van der Waals surface area (Å²) in [6.07, 6.45) is 0. The Labute approximate surface area is 191 Å². The number of benzene rings is 2. The number of aromatic nitrogens is 2. The molecule has 2 N–H and O–H groups in total. The number of aryl methyl sites for hydroxylation is 2. The highest BCUT2D eigenvalue weighted by Crippen LogP contribution is 2.26. The van der Waals surface area contributed by atoms with Crippen molar-refractivity contribution in [2.45, 2.75) is 20.4 Å². The Morgan fingerprint density at radius 2 is 1.97 bits per heavy atom. The number of hydrogen-bond acceptors (Lipinski definition) is 5. The number of thiophene rings is 1. The minimum atomic E-state index is -1.22. The molecule has 0 aliphatic rings. The molecule has 1 amide bonds. The van der Waals surface area contributed by atoms with Gasteiger partial charge in [-0.05, 0) is 43.7 Å². The Kier molecular flexibility index (Phi) is 5.82. The van der Waals surface area contributed by atoms with E-state index in [1.807, 2.05) is 32.0 Å². The van der Waals surface area contributed by atoms with Crippen molar-refractivity contribution in [2.75, 3.05) is 5.32 Å². The Hall–Kier alpha value is -3.49. The van der Waals surface area contributed by atoms with E-state index in [2.05, 4.69) is 10.3 Å². The van der Waals surface area contributed by atoms with Crippen molar-refractivity contribution < 1.29 is 14.7 Å². The average molecular weight is 468 g/mol. The van der Waals surface area contributed by atoms with E-state index in [0.717, 1.165) is 22.5 Å². The monoisotopic (exact) mass is 467 g/mol. The molecule has 162 valence electrons. The number of halogens is 1. The van der Waals surface area contributed by atoms with E-state index in [4.69, 9.17) is 11.6 Å². The molecule has 2 aromatic heterocycles. The molecule has 0 saturated carbocycles. The van der Waals surface area contributed by atoms with Gasteiger partial charge in [-0.3, -0.25) is 14.2 Å². The normalized spacial score (nSPS) is 11.0. The second-order valence-electron chi connectivity index (χ2n) is 7.34. The maximum Gasteiger partial charge on any atom is 0.337 e. The van der Waals surface area contributed by atoms with Gasteiger partial charge in [0.2, 0.25) is 5.91 Å².